The van der Waals surface area contributed by atoms with Gasteiger partial charge in [-0.2, -0.15) is 0 Å². The maximum absolute atomic E-state index is 11.8. The number of carbonyl (C=O) groups is 2. The number of rotatable bonds is 6. The van der Waals surface area contributed by atoms with E-state index in [1.165, 1.54) is 0 Å². The summed E-state index contributed by atoms with van der Waals surface area (Å²) in [6.45, 7) is -0.0251. The molecule has 0 fully saturated rings. The molecule has 0 atom stereocenters. The number of hydrogen-bond acceptors (Lipinski definition) is 4. The lowest BCUT2D eigenvalue weighted by Gasteiger charge is -2.10. The summed E-state index contributed by atoms with van der Waals surface area (Å²) in [7, 11) is 1.57. The van der Waals surface area contributed by atoms with Crippen molar-refractivity contribution in [3.8, 4) is 5.75 Å². The number of methoxy groups -OCH3 is 1. The van der Waals surface area contributed by atoms with E-state index in [1.54, 1.807) is 31.4 Å². The average molecular weight is 378 g/mol. The Morgan fingerprint density at radius 3 is 2.48 bits per heavy atom. The summed E-state index contributed by atoms with van der Waals surface area (Å²) in [6.07, 6.45) is 0. The number of carbonyl (C=O) groups excluding carboxylic acids is 2. The van der Waals surface area contributed by atoms with Crippen LogP contribution >= 0.6 is 15.9 Å². The van der Waals surface area contributed by atoms with Gasteiger partial charge in [-0.25, -0.2) is 4.79 Å². The highest BCUT2D eigenvalue weighted by atomic mass is 79.9. The van der Waals surface area contributed by atoms with Crippen molar-refractivity contribution in [1.82, 2.24) is 5.32 Å². The van der Waals surface area contributed by atoms with Gasteiger partial charge in [-0.15, -0.1) is 0 Å². The fourth-order valence-electron chi connectivity index (χ4n) is 1.89. The molecular weight excluding hydrogens is 362 g/mol. The molecule has 0 aliphatic rings. The summed E-state index contributed by atoms with van der Waals surface area (Å²) in [5.41, 5.74) is 1.24. The molecule has 0 radical (unpaired) electrons. The molecule has 0 heterocycles. The van der Waals surface area contributed by atoms with E-state index in [0.717, 1.165) is 10.0 Å². The topological polar surface area (TPSA) is 64.6 Å². The molecule has 5 nitrogen and oxygen atoms in total. The van der Waals surface area contributed by atoms with Crippen LogP contribution in [-0.4, -0.2) is 25.6 Å². The van der Waals surface area contributed by atoms with Crippen molar-refractivity contribution < 1.29 is 19.1 Å². The van der Waals surface area contributed by atoms with E-state index in [-0.39, 0.29) is 12.5 Å². The minimum Gasteiger partial charge on any atom is -0.496 e. The minimum absolute atomic E-state index is 0.304. The quantitative estimate of drug-likeness (QED) is 0.786. The molecular formula is C17H16BrNO4. The molecule has 0 unspecified atom stereocenters. The Kier molecular flexibility index (Phi) is 6.17. The third-order valence-electron chi connectivity index (χ3n) is 3.08. The van der Waals surface area contributed by atoms with Gasteiger partial charge in [-0.05, 0) is 30.3 Å². The number of amides is 1. The molecule has 2 aromatic rings. The monoisotopic (exact) mass is 377 g/mol. The highest BCUT2D eigenvalue weighted by molar-refractivity contribution is 9.10. The van der Waals surface area contributed by atoms with Gasteiger partial charge in [0.2, 0.25) is 0 Å². The van der Waals surface area contributed by atoms with Crippen LogP contribution in [0.1, 0.15) is 15.9 Å². The van der Waals surface area contributed by atoms with Crippen LogP contribution in [0.4, 0.5) is 0 Å². The molecule has 0 saturated carbocycles. The zero-order valence-electron chi connectivity index (χ0n) is 12.5. The smallest absolute Gasteiger partial charge is 0.338 e. The molecule has 6 heteroatoms. The van der Waals surface area contributed by atoms with Crippen molar-refractivity contribution in [2.75, 3.05) is 13.7 Å². The second kappa shape index (κ2) is 8.33. The predicted molar refractivity (Wildman–Crippen MR) is 89.3 cm³/mol. The van der Waals surface area contributed by atoms with Gasteiger partial charge in [0.15, 0.2) is 6.61 Å². The molecule has 2 aromatic carbocycles. The summed E-state index contributed by atoms with van der Waals surface area (Å²) >= 11 is 3.28. The fourth-order valence-corrected chi connectivity index (χ4v) is 2.16. The van der Waals surface area contributed by atoms with Crippen molar-refractivity contribution in [3.05, 3.63) is 64.1 Å². The van der Waals surface area contributed by atoms with Crippen molar-refractivity contribution in [2.45, 2.75) is 6.54 Å². The van der Waals surface area contributed by atoms with Gasteiger partial charge in [0.05, 0.1) is 12.7 Å². The zero-order chi connectivity index (χ0) is 16.7. The number of para-hydroxylation sites is 1. The number of hydrogen-bond donors (Lipinski definition) is 1. The second-order valence-electron chi connectivity index (χ2n) is 4.67. The molecule has 0 saturated heterocycles. The molecule has 0 aromatic heterocycles. The molecule has 0 bridgehead atoms. The normalized spacial score (nSPS) is 10.0. The first kappa shape index (κ1) is 17.0. The highest BCUT2D eigenvalue weighted by Gasteiger charge is 2.10. The van der Waals surface area contributed by atoms with Gasteiger partial charge in [-0.3, -0.25) is 4.79 Å². The summed E-state index contributed by atoms with van der Waals surface area (Å²) in [5, 5.41) is 2.69. The van der Waals surface area contributed by atoms with E-state index in [0.29, 0.717) is 17.9 Å². The van der Waals surface area contributed by atoms with Crippen molar-refractivity contribution in [3.63, 3.8) is 0 Å². The molecule has 0 aliphatic carbocycles. The van der Waals surface area contributed by atoms with E-state index < -0.39 is 5.97 Å². The molecule has 2 rings (SSSR count). The van der Waals surface area contributed by atoms with Crippen LogP contribution in [0.15, 0.2) is 53.0 Å². The maximum atomic E-state index is 11.8. The van der Waals surface area contributed by atoms with E-state index in [2.05, 4.69) is 21.2 Å². The predicted octanol–water partition coefficient (Wildman–Crippen LogP) is 2.93. The minimum atomic E-state index is -0.537. The molecule has 120 valence electrons. The van der Waals surface area contributed by atoms with Crippen molar-refractivity contribution in [2.24, 2.45) is 0 Å². The van der Waals surface area contributed by atoms with Crippen LogP contribution in [0.5, 0.6) is 5.75 Å². The van der Waals surface area contributed by atoms with Crippen LogP contribution in [0.25, 0.3) is 0 Å². The summed E-state index contributed by atoms with van der Waals surface area (Å²) in [6, 6.07) is 14.1. The first-order valence-corrected chi connectivity index (χ1v) is 7.70. The number of benzene rings is 2. The van der Waals surface area contributed by atoms with Crippen LogP contribution < -0.4 is 10.1 Å². The molecule has 1 amide bonds. The van der Waals surface area contributed by atoms with E-state index in [9.17, 15) is 9.59 Å². The van der Waals surface area contributed by atoms with E-state index >= 15 is 0 Å². The standard InChI is InChI=1S/C17H16BrNO4/c1-22-15-5-3-2-4-13(15)10-19-16(20)11-23-17(21)12-6-8-14(18)9-7-12/h2-9H,10-11H2,1H3,(H,19,20). The molecule has 23 heavy (non-hydrogen) atoms. The SMILES string of the molecule is COc1ccccc1CNC(=O)COC(=O)c1ccc(Br)cc1. The third-order valence-corrected chi connectivity index (χ3v) is 3.61. The van der Waals surface area contributed by atoms with Gasteiger partial charge in [-0.1, -0.05) is 34.1 Å². The van der Waals surface area contributed by atoms with Gasteiger partial charge in [0.1, 0.15) is 5.75 Å². The van der Waals surface area contributed by atoms with Crippen LogP contribution in [0.3, 0.4) is 0 Å². The van der Waals surface area contributed by atoms with Crippen LogP contribution in [-0.2, 0) is 16.1 Å². The Morgan fingerprint density at radius 1 is 1.09 bits per heavy atom. The highest BCUT2D eigenvalue weighted by Crippen LogP contribution is 2.16. The zero-order valence-corrected chi connectivity index (χ0v) is 14.1. The first-order chi connectivity index (χ1) is 11.1. The van der Waals surface area contributed by atoms with Gasteiger partial charge < -0.3 is 14.8 Å². The Bertz CT molecular complexity index is 685. The summed E-state index contributed by atoms with van der Waals surface area (Å²) < 4.78 is 11.0. The lowest BCUT2D eigenvalue weighted by atomic mass is 10.2. The Morgan fingerprint density at radius 2 is 1.78 bits per heavy atom. The van der Waals surface area contributed by atoms with Crippen molar-refractivity contribution >= 4 is 27.8 Å². The lowest BCUT2D eigenvalue weighted by Crippen LogP contribution is -2.28. The maximum Gasteiger partial charge on any atom is 0.338 e. The molecule has 0 aliphatic heterocycles. The van der Waals surface area contributed by atoms with Gasteiger partial charge >= 0.3 is 5.97 Å². The van der Waals surface area contributed by atoms with E-state index in [1.807, 2.05) is 24.3 Å². The fraction of sp³-hybridized carbons (Fsp3) is 0.176. The number of halogens is 1. The van der Waals surface area contributed by atoms with E-state index in [4.69, 9.17) is 9.47 Å². The number of ether oxygens (including phenoxy) is 2. The molecule has 0 spiro atoms. The number of esters is 1. The van der Waals surface area contributed by atoms with Crippen LogP contribution in [0, 0.1) is 0 Å². The summed E-state index contributed by atoms with van der Waals surface area (Å²) in [4.78, 5) is 23.6. The molecule has 1 N–H and O–H groups in total. The Hall–Kier alpha value is -2.34. The Labute approximate surface area is 142 Å². The third kappa shape index (κ3) is 5.10. The van der Waals surface area contributed by atoms with Crippen LogP contribution in [0.2, 0.25) is 0 Å². The first-order valence-electron chi connectivity index (χ1n) is 6.91. The Balaban J connectivity index is 1.81. The number of nitrogens with one attached hydrogen (secondary N) is 1. The largest absolute Gasteiger partial charge is 0.496 e. The van der Waals surface area contributed by atoms with Gasteiger partial charge in [0, 0.05) is 16.6 Å². The van der Waals surface area contributed by atoms with Crippen molar-refractivity contribution in [1.29, 1.82) is 0 Å². The van der Waals surface area contributed by atoms with Gasteiger partial charge in [0.25, 0.3) is 5.91 Å². The second-order valence-corrected chi connectivity index (χ2v) is 5.59. The lowest BCUT2D eigenvalue weighted by molar-refractivity contribution is -0.124. The summed E-state index contributed by atoms with van der Waals surface area (Å²) in [5.74, 6) is -0.217. The average Bonchev–Trinajstić information content (AvgIpc) is 2.58.